The summed E-state index contributed by atoms with van der Waals surface area (Å²) in [6.07, 6.45) is -2.85. The molecule has 0 atom stereocenters. The van der Waals surface area contributed by atoms with E-state index in [4.69, 9.17) is 5.26 Å². The second kappa shape index (κ2) is 6.24. The number of aryl methyl sites for hydroxylation is 1. The number of pyridine rings is 1. The Hall–Kier alpha value is -1.77. The zero-order valence-electron chi connectivity index (χ0n) is 10.0. The normalized spacial score (nSPS) is 11.1. The fraction of sp³-hybridized carbons (Fsp3) is 0.500. The van der Waals surface area contributed by atoms with Crippen molar-refractivity contribution in [3.05, 3.63) is 23.4 Å². The summed E-state index contributed by atoms with van der Waals surface area (Å²) in [5.74, 6) is 0.435. The molecule has 0 bridgehead atoms. The van der Waals surface area contributed by atoms with Gasteiger partial charge in [-0.2, -0.15) is 18.4 Å². The molecule has 98 valence electrons. The van der Waals surface area contributed by atoms with E-state index in [1.54, 1.807) is 19.2 Å². The second-order valence-corrected chi connectivity index (χ2v) is 3.96. The van der Waals surface area contributed by atoms with Gasteiger partial charge in [-0.15, -0.1) is 0 Å². The molecule has 1 N–H and O–H groups in total. The molecule has 0 unspecified atom stereocenters. The summed E-state index contributed by atoms with van der Waals surface area (Å²) < 4.78 is 35.7. The van der Waals surface area contributed by atoms with Crippen molar-refractivity contribution in [1.82, 2.24) is 4.98 Å². The molecule has 1 rings (SSSR count). The van der Waals surface area contributed by atoms with Gasteiger partial charge in [0.25, 0.3) is 0 Å². The molecule has 1 heterocycles. The van der Waals surface area contributed by atoms with Crippen LogP contribution in [0.1, 0.15) is 30.4 Å². The summed E-state index contributed by atoms with van der Waals surface area (Å²) in [7, 11) is 0. The third-order valence-corrected chi connectivity index (χ3v) is 2.45. The molecule has 0 aromatic carbocycles. The van der Waals surface area contributed by atoms with E-state index < -0.39 is 12.6 Å². The Morgan fingerprint density at radius 1 is 1.39 bits per heavy atom. The maximum absolute atomic E-state index is 11.9. The lowest BCUT2D eigenvalue weighted by Crippen LogP contribution is -2.10. The van der Waals surface area contributed by atoms with Crippen molar-refractivity contribution in [3.63, 3.8) is 0 Å². The summed E-state index contributed by atoms with van der Waals surface area (Å²) in [5.41, 5.74) is 1.23. The fourth-order valence-corrected chi connectivity index (χ4v) is 1.49. The van der Waals surface area contributed by atoms with Crippen LogP contribution in [0.2, 0.25) is 0 Å². The Balaban J connectivity index is 2.41. The van der Waals surface area contributed by atoms with Crippen molar-refractivity contribution in [2.75, 3.05) is 11.9 Å². The highest BCUT2D eigenvalue weighted by Crippen LogP contribution is 2.22. The zero-order valence-corrected chi connectivity index (χ0v) is 10.0. The van der Waals surface area contributed by atoms with Gasteiger partial charge in [-0.25, -0.2) is 4.98 Å². The minimum absolute atomic E-state index is 0.0736. The molecule has 0 aliphatic rings. The predicted molar refractivity (Wildman–Crippen MR) is 62.1 cm³/mol. The maximum Gasteiger partial charge on any atom is 0.389 e. The highest BCUT2D eigenvalue weighted by atomic mass is 19.4. The molecule has 0 aliphatic carbocycles. The zero-order chi connectivity index (χ0) is 13.6. The van der Waals surface area contributed by atoms with Crippen LogP contribution in [0.5, 0.6) is 0 Å². The lowest BCUT2D eigenvalue weighted by molar-refractivity contribution is -0.135. The first-order valence-corrected chi connectivity index (χ1v) is 5.60. The molecule has 0 saturated carbocycles. The van der Waals surface area contributed by atoms with Crippen molar-refractivity contribution < 1.29 is 13.2 Å². The minimum Gasteiger partial charge on any atom is -0.369 e. The highest BCUT2D eigenvalue weighted by Gasteiger charge is 2.25. The SMILES string of the molecule is Cc1ccnc(NCCCCC(F)(F)F)c1C#N. The van der Waals surface area contributed by atoms with E-state index >= 15 is 0 Å². The van der Waals surface area contributed by atoms with Crippen molar-refractivity contribution in [1.29, 1.82) is 5.26 Å². The molecule has 0 saturated heterocycles. The van der Waals surface area contributed by atoms with E-state index in [9.17, 15) is 13.2 Å². The maximum atomic E-state index is 11.9. The van der Waals surface area contributed by atoms with Crippen molar-refractivity contribution in [3.8, 4) is 6.07 Å². The van der Waals surface area contributed by atoms with Gasteiger partial charge >= 0.3 is 6.18 Å². The molecule has 0 amide bonds. The highest BCUT2D eigenvalue weighted by molar-refractivity contribution is 5.55. The molecule has 6 heteroatoms. The van der Waals surface area contributed by atoms with Gasteiger partial charge in [0.15, 0.2) is 0 Å². The average molecular weight is 257 g/mol. The van der Waals surface area contributed by atoms with E-state index in [0.717, 1.165) is 5.56 Å². The van der Waals surface area contributed by atoms with Gasteiger partial charge in [0.2, 0.25) is 0 Å². The number of hydrogen-bond acceptors (Lipinski definition) is 3. The predicted octanol–water partition coefficient (Wildman–Crippen LogP) is 3.41. The molecule has 0 spiro atoms. The molecule has 0 radical (unpaired) electrons. The number of alkyl halides is 3. The lowest BCUT2D eigenvalue weighted by Gasteiger charge is -2.09. The van der Waals surface area contributed by atoms with Gasteiger partial charge < -0.3 is 5.32 Å². The number of halogens is 3. The van der Waals surface area contributed by atoms with Gasteiger partial charge in [-0.1, -0.05) is 0 Å². The monoisotopic (exact) mass is 257 g/mol. The summed E-state index contributed by atoms with van der Waals surface area (Å²) >= 11 is 0. The fourth-order valence-electron chi connectivity index (χ4n) is 1.49. The summed E-state index contributed by atoms with van der Waals surface area (Å²) in [6, 6.07) is 3.74. The molecule has 3 nitrogen and oxygen atoms in total. The summed E-state index contributed by atoms with van der Waals surface area (Å²) in [5, 5.41) is 11.8. The van der Waals surface area contributed by atoms with Crippen LogP contribution in [0.15, 0.2) is 12.3 Å². The Kier molecular flexibility index (Phi) is 4.95. The smallest absolute Gasteiger partial charge is 0.369 e. The molecule has 0 aliphatic heterocycles. The second-order valence-electron chi connectivity index (χ2n) is 3.96. The van der Waals surface area contributed by atoms with Gasteiger partial charge in [-0.3, -0.25) is 0 Å². The minimum atomic E-state index is -4.10. The Morgan fingerprint density at radius 3 is 2.72 bits per heavy atom. The quantitative estimate of drug-likeness (QED) is 0.822. The number of aromatic nitrogens is 1. The first-order chi connectivity index (χ1) is 8.44. The van der Waals surface area contributed by atoms with Crippen molar-refractivity contribution >= 4 is 5.82 Å². The van der Waals surface area contributed by atoms with Gasteiger partial charge in [-0.05, 0) is 31.4 Å². The number of rotatable bonds is 5. The largest absolute Gasteiger partial charge is 0.389 e. The first-order valence-electron chi connectivity index (χ1n) is 5.60. The van der Waals surface area contributed by atoms with Gasteiger partial charge in [0.1, 0.15) is 11.9 Å². The van der Waals surface area contributed by atoms with E-state index in [1.165, 1.54) is 0 Å². The number of unbranched alkanes of at least 4 members (excludes halogenated alkanes) is 1. The van der Waals surface area contributed by atoms with Crippen LogP contribution in [0.3, 0.4) is 0 Å². The number of hydrogen-bond donors (Lipinski definition) is 1. The van der Waals surface area contributed by atoms with Crippen LogP contribution in [0, 0.1) is 18.3 Å². The molecule has 18 heavy (non-hydrogen) atoms. The van der Waals surface area contributed by atoms with Gasteiger partial charge in [0, 0.05) is 19.2 Å². The van der Waals surface area contributed by atoms with E-state index in [0.29, 0.717) is 24.3 Å². The van der Waals surface area contributed by atoms with E-state index in [-0.39, 0.29) is 6.42 Å². The molecular weight excluding hydrogens is 243 g/mol. The third kappa shape index (κ3) is 4.62. The molecule has 0 fully saturated rings. The summed E-state index contributed by atoms with van der Waals surface area (Å²) in [4.78, 5) is 4.00. The van der Waals surface area contributed by atoms with E-state index in [2.05, 4.69) is 10.3 Å². The first kappa shape index (κ1) is 14.3. The lowest BCUT2D eigenvalue weighted by atomic mass is 10.1. The molecular formula is C12H14F3N3. The van der Waals surface area contributed by atoms with Gasteiger partial charge in [0.05, 0.1) is 5.56 Å². The van der Waals surface area contributed by atoms with Crippen LogP contribution >= 0.6 is 0 Å². The standard InChI is InChI=1S/C12H14F3N3/c1-9-4-7-18-11(10(9)8-16)17-6-3-2-5-12(13,14)15/h4,7H,2-3,5-6H2,1H3,(H,17,18). The van der Waals surface area contributed by atoms with Crippen molar-refractivity contribution in [2.45, 2.75) is 32.4 Å². The molecule has 1 aromatic heterocycles. The van der Waals surface area contributed by atoms with Crippen LogP contribution in [0.25, 0.3) is 0 Å². The Bertz CT molecular complexity index is 435. The van der Waals surface area contributed by atoms with Crippen LogP contribution in [0.4, 0.5) is 19.0 Å². The number of nitrogens with one attached hydrogen (secondary N) is 1. The average Bonchev–Trinajstić information content (AvgIpc) is 2.27. The van der Waals surface area contributed by atoms with E-state index in [1.807, 2.05) is 6.07 Å². The van der Waals surface area contributed by atoms with Crippen LogP contribution in [-0.4, -0.2) is 17.7 Å². The molecule has 1 aromatic rings. The topological polar surface area (TPSA) is 48.7 Å². The number of nitriles is 1. The number of anilines is 1. The van der Waals surface area contributed by atoms with Crippen LogP contribution < -0.4 is 5.32 Å². The van der Waals surface area contributed by atoms with Crippen LogP contribution in [-0.2, 0) is 0 Å². The summed E-state index contributed by atoms with van der Waals surface area (Å²) in [6.45, 7) is 2.16. The third-order valence-electron chi connectivity index (χ3n) is 2.45. The number of nitrogens with zero attached hydrogens (tertiary/aromatic N) is 2. The van der Waals surface area contributed by atoms with Crippen molar-refractivity contribution in [2.24, 2.45) is 0 Å². The Morgan fingerprint density at radius 2 is 2.11 bits per heavy atom. The Labute approximate surface area is 104 Å².